The number of hydrogen-bond donors (Lipinski definition) is 1. The molecule has 0 amide bonds. The Labute approximate surface area is 333 Å². The molecule has 1 heterocycles. The van der Waals surface area contributed by atoms with Gasteiger partial charge in [-0.05, 0) is 127 Å². The number of carboxylic acids is 1. The van der Waals surface area contributed by atoms with Gasteiger partial charge in [-0.1, -0.05) is 126 Å². The van der Waals surface area contributed by atoms with Crippen molar-refractivity contribution in [1.82, 2.24) is 0 Å². The lowest BCUT2D eigenvalue weighted by molar-refractivity contribution is -0.132. The van der Waals surface area contributed by atoms with Crippen LogP contribution in [0.3, 0.4) is 0 Å². The van der Waals surface area contributed by atoms with Crippen LogP contribution in [0.4, 0.5) is 17.1 Å². The maximum Gasteiger partial charge on any atom is 0.346 e. The van der Waals surface area contributed by atoms with Crippen molar-refractivity contribution in [3.63, 3.8) is 0 Å². The highest BCUT2D eigenvalue weighted by Crippen LogP contribution is 2.39. The molecule has 56 heavy (non-hydrogen) atoms. The first kappa shape index (κ1) is 37.6. The molecule has 0 spiro atoms. The van der Waals surface area contributed by atoms with Crippen LogP contribution in [0, 0.1) is 39.0 Å². The molecule has 0 aliphatic rings. The van der Waals surface area contributed by atoms with Crippen LogP contribution in [0.5, 0.6) is 0 Å². The second kappa shape index (κ2) is 16.7. The maximum absolute atomic E-state index is 11.2. The van der Waals surface area contributed by atoms with Crippen LogP contribution >= 0.6 is 11.3 Å². The zero-order chi connectivity index (χ0) is 39.2. The van der Waals surface area contributed by atoms with Crippen LogP contribution in [0.25, 0.3) is 29.4 Å². The lowest BCUT2D eigenvalue weighted by Crippen LogP contribution is -2.11. The van der Waals surface area contributed by atoms with Crippen LogP contribution in [0.1, 0.15) is 60.2 Å². The molecule has 7 aromatic rings. The number of nitriles is 1. The highest BCUT2D eigenvalue weighted by Gasteiger charge is 2.20. The van der Waals surface area contributed by atoms with Crippen LogP contribution < -0.4 is 4.90 Å². The van der Waals surface area contributed by atoms with Gasteiger partial charge in [-0.3, -0.25) is 0 Å². The van der Waals surface area contributed by atoms with E-state index in [4.69, 9.17) is 5.26 Å². The monoisotopic (exact) mass is 746 g/mol. The molecule has 1 N–H and O–H groups in total. The van der Waals surface area contributed by atoms with E-state index in [1.54, 1.807) is 6.07 Å². The van der Waals surface area contributed by atoms with Gasteiger partial charge in [0.2, 0.25) is 0 Å². The van der Waals surface area contributed by atoms with E-state index < -0.39 is 5.97 Å². The summed E-state index contributed by atoms with van der Waals surface area (Å²) in [6.45, 7) is 8.63. The summed E-state index contributed by atoms with van der Waals surface area (Å²) in [5, 5.41) is 18.3. The average molecular weight is 747 g/mol. The smallest absolute Gasteiger partial charge is 0.346 e. The highest BCUT2D eigenvalue weighted by molar-refractivity contribution is 7.13. The Morgan fingerprint density at radius 3 is 1.82 bits per heavy atom. The number of benzene rings is 6. The summed E-state index contributed by atoms with van der Waals surface area (Å²) < 4.78 is 0. The molecule has 0 radical (unpaired) electrons. The quantitative estimate of drug-likeness (QED) is 0.0813. The highest BCUT2D eigenvalue weighted by atomic mass is 32.1. The molecule has 0 bridgehead atoms. The fraction of sp³-hybridized carbons (Fsp3) is 0.0980. The van der Waals surface area contributed by atoms with E-state index in [0.29, 0.717) is 0 Å². The Hall–Kier alpha value is -6.74. The maximum atomic E-state index is 11.2. The van der Waals surface area contributed by atoms with Crippen molar-refractivity contribution < 1.29 is 9.90 Å². The normalized spacial score (nSPS) is 12.0. The van der Waals surface area contributed by atoms with Crippen molar-refractivity contribution in [2.24, 2.45) is 0 Å². The fourth-order valence-electron chi connectivity index (χ4n) is 7.23. The van der Waals surface area contributed by atoms with Gasteiger partial charge < -0.3 is 10.0 Å². The number of para-hydroxylation sites is 1. The first-order chi connectivity index (χ1) is 27.2. The third-order valence-corrected chi connectivity index (χ3v) is 11.0. The average Bonchev–Trinajstić information content (AvgIpc) is 3.66. The standard InChI is InChI=1S/C51H42N2O2S/c1-34-10-28-48(36(3)30-34)50(41-15-12-38(13-16-41)14-25-46-26-27-47(56-46)32-43(33-52)51(54)55)42-19-17-39(18-20-42)40-21-23-45(24-22-40)53(44-8-6-5-7-9-44)49-29-11-35(2)31-37(49)4/h5-32,50H,1-4H3,(H,54,55)/b25-14+,43-32+. The first-order valence-electron chi connectivity index (χ1n) is 18.6. The van der Waals surface area contributed by atoms with E-state index in [9.17, 15) is 9.90 Å². The van der Waals surface area contributed by atoms with Gasteiger partial charge in [0, 0.05) is 32.7 Å². The van der Waals surface area contributed by atoms with Crippen molar-refractivity contribution in [2.75, 3.05) is 4.90 Å². The molecule has 1 aromatic heterocycles. The fourth-order valence-corrected chi connectivity index (χ4v) is 8.09. The second-order valence-electron chi connectivity index (χ2n) is 14.1. The van der Waals surface area contributed by atoms with Gasteiger partial charge >= 0.3 is 5.97 Å². The molecule has 6 aromatic carbocycles. The largest absolute Gasteiger partial charge is 0.477 e. The molecule has 1 atom stereocenters. The third-order valence-electron chi connectivity index (χ3n) is 10.0. The predicted molar refractivity (Wildman–Crippen MR) is 234 cm³/mol. The minimum atomic E-state index is -1.22. The zero-order valence-electron chi connectivity index (χ0n) is 31.9. The van der Waals surface area contributed by atoms with Gasteiger partial charge in [-0.2, -0.15) is 5.26 Å². The number of aryl methyl sites for hydroxylation is 4. The third kappa shape index (κ3) is 8.47. The number of anilines is 3. The SMILES string of the molecule is Cc1ccc(C(c2ccc(/C=C/c3ccc(/C=C(\C#N)C(=O)O)s3)cc2)c2ccc(-c3ccc(N(c4ccccc4)c4ccc(C)cc4C)cc3)cc2)c(C)c1. The molecule has 1 unspecified atom stereocenters. The van der Waals surface area contributed by atoms with Gasteiger partial charge in [0.1, 0.15) is 11.6 Å². The lowest BCUT2D eigenvalue weighted by atomic mass is 9.82. The lowest BCUT2D eigenvalue weighted by Gasteiger charge is -2.27. The summed E-state index contributed by atoms with van der Waals surface area (Å²) in [4.78, 5) is 15.3. The van der Waals surface area contributed by atoms with Crippen molar-refractivity contribution in [3.05, 3.63) is 211 Å². The first-order valence-corrected chi connectivity index (χ1v) is 19.4. The van der Waals surface area contributed by atoms with Crippen LogP contribution in [-0.4, -0.2) is 11.1 Å². The molecule has 0 aliphatic carbocycles. The Kier molecular flexibility index (Phi) is 11.2. The van der Waals surface area contributed by atoms with E-state index in [2.05, 4.69) is 178 Å². The molecule has 5 heteroatoms. The molecule has 4 nitrogen and oxygen atoms in total. The van der Waals surface area contributed by atoms with E-state index in [1.807, 2.05) is 18.2 Å². The summed E-state index contributed by atoms with van der Waals surface area (Å²) in [5.41, 5.74) is 15.2. The van der Waals surface area contributed by atoms with Gasteiger partial charge in [-0.25, -0.2) is 4.79 Å². The molecule has 0 saturated heterocycles. The summed E-state index contributed by atoms with van der Waals surface area (Å²) in [6.07, 6.45) is 5.47. The van der Waals surface area contributed by atoms with Gasteiger partial charge in [-0.15, -0.1) is 11.3 Å². The van der Waals surface area contributed by atoms with Crippen LogP contribution in [0.2, 0.25) is 0 Å². The van der Waals surface area contributed by atoms with Gasteiger partial charge in [0.25, 0.3) is 0 Å². The number of carbonyl (C=O) groups is 1. The summed E-state index contributed by atoms with van der Waals surface area (Å²) in [7, 11) is 0. The summed E-state index contributed by atoms with van der Waals surface area (Å²) in [5.74, 6) is -1.17. The summed E-state index contributed by atoms with van der Waals surface area (Å²) in [6, 6.07) is 55.9. The predicted octanol–water partition coefficient (Wildman–Crippen LogP) is 13.5. The molecular formula is C51H42N2O2S. The molecule has 0 saturated carbocycles. The number of nitrogens with zero attached hydrogens (tertiary/aromatic N) is 2. The second-order valence-corrected chi connectivity index (χ2v) is 15.3. The van der Waals surface area contributed by atoms with Crippen molar-refractivity contribution in [3.8, 4) is 17.2 Å². The number of thiophene rings is 1. The van der Waals surface area contributed by atoms with Gasteiger partial charge in [0.15, 0.2) is 0 Å². The molecule has 274 valence electrons. The van der Waals surface area contributed by atoms with E-state index >= 15 is 0 Å². The van der Waals surface area contributed by atoms with Crippen LogP contribution in [0.15, 0.2) is 157 Å². The minimum Gasteiger partial charge on any atom is -0.477 e. The number of rotatable bonds is 11. The topological polar surface area (TPSA) is 64.3 Å². The summed E-state index contributed by atoms with van der Waals surface area (Å²) >= 11 is 1.44. The molecule has 0 aliphatic heterocycles. The van der Waals surface area contributed by atoms with E-state index in [0.717, 1.165) is 37.8 Å². The molecule has 7 rings (SSSR count). The Balaban J connectivity index is 1.15. The van der Waals surface area contributed by atoms with Gasteiger partial charge in [0.05, 0.1) is 0 Å². The van der Waals surface area contributed by atoms with E-state index in [1.165, 1.54) is 62.0 Å². The Bertz CT molecular complexity index is 2590. The minimum absolute atomic E-state index is 0.0532. The number of aliphatic carboxylic acids is 1. The van der Waals surface area contributed by atoms with Crippen molar-refractivity contribution in [2.45, 2.75) is 33.6 Å². The number of hydrogen-bond acceptors (Lipinski definition) is 4. The van der Waals surface area contributed by atoms with Crippen molar-refractivity contribution >= 4 is 52.6 Å². The number of carboxylic acid groups (broad SMARTS) is 1. The Morgan fingerprint density at radius 2 is 1.21 bits per heavy atom. The molecule has 0 fully saturated rings. The van der Waals surface area contributed by atoms with E-state index in [-0.39, 0.29) is 11.5 Å². The Morgan fingerprint density at radius 1 is 0.643 bits per heavy atom. The van der Waals surface area contributed by atoms with Crippen molar-refractivity contribution in [1.29, 1.82) is 5.26 Å². The molecular weight excluding hydrogens is 705 g/mol. The van der Waals surface area contributed by atoms with Crippen LogP contribution in [-0.2, 0) is 4.79 Å². The zero-order valence-corrected chi connectivity index (χ0v) is 32.7.